The molecule has 3 heterocycles. The molecule has 2 aromatic heterocycles. The van der Waals surface area contributed by atoms with E-state index in [9.17, 15) is 4.79 Å². The molecule has 0 saturated carbocycles. The lowest BCUT2D eigenvalue weighted by molar-refractivity contribution is 0.0944. The van der Waals surface area contributed by atoms with Gasteiger partial charge in [0.2, 0.25) is 0 Å². The molecule has 0 radical (unpaired) electrons. The highest BCUT2D eigenvalue weighted by Gasteiger charge is 2.26. The molecule has 0 bridgehead atoms. The fourth-order valence-corrected chi connectivity index (χ4v) is 4.20. The van der Waals surface area contributed by atoms with Gasteiger partial charge >= 0.3 is 0 Å². The Kier molecular flexibility index (Phi) is 3.86. The highest BCUT2D eigenvalue weighted by atomic mass is 32.1. The van der Waals surface area contributed by atoms with Crippen LogP contribution in [0.25, 0.3) is 0 Å². The van der Waals surface area contributed by atoms with Gasteiger partial charge in [0.25, 0.3) is 5.91 Å². The van der Waals surface area contributed by atoms with Crippen LogP contribution in [0.5, 0.6) is 0 Å². The van der Waals surface area contributed by atoms with Crippen molar-refractivity contribution in [3.8, 4) is 0 Å². The van der Waals surface area contributed by atoms with Crippen LogP contribution in [0.15, 0.2) is 11.4 Å². The Bertz CT molecular complexity index is 662. The summed E-state index contributed by atoms with van der Waals surface area (Å²) in [5, 5.41) is 5.91. The first-order valence-electron chi connectivity index (χ1n) is 6.92. The number of nitrogens with one attached hydrogen (secondary N) is 1. The van der Waals surface area contributed by atoms with Gasteiger partial charge in [-0.05, 0) is 48.8 Å². The first-order chi connectivity index (χ1) is 10.1. The van der Waals surface area contributed by atoms with Crippen molar-refractivity contribution in [3.05, 3.63) is 27.5 Å². The normalized spacial score (nSPS) is 14.3. The zero-order chi connectivity index (χ0) is 15.0. The van der Waals surface area contributed by atoms with Gasteiger partial charge in [0, 0.05) is 24.0 Å². The van der Waals surface area contributed by atoms with Gasteiger partial charge in [0.15, 0.2) is 5.82 Å². The summed E-state index contributed by atoms with van der Waals surface area (Å²) in [5.74, 6) is 0.187. The third-order valence-corrected chi connectivity index (χ3v) is 5.39. The molecule has 3 N–H and O–H groups in total. The highest BCUT2D eigenvalue weighted by molar-refractivity contribution is 7.11. The van der Waals surface area contributed by atoms with Crippen LogP contribution in [0.1, 0.15) is 34.6 Å². The van der Waals surface area contributed by atoms with E-state index in [0.717, 1.165) is 24.5 Å². The van der Waals surface area contributed by atoms with Crippen LogP contribution in [0, 0.1) is 0 Å². The molecule has 0 aromatic carbocycles. The number of aromatic nitrogens is 1. The fourth-order valence-electron chi connectivity index (χ4n) is 2.48. The van der Waals surface area contributed by atoms with E-state index in [1.807, 2.05) is 13.8 Å². The minimum absolute atomic E-state index is 0.0782. The molecule has 0 saturated heterocycles. The standard InChI is InChI=1S/C14H18N4OS2/c1-8(2)16-13(19)11-12(15)17-21-14(11)18-5-3-10-9(7-18)4-6-20-10/h4,6,8H,3,5,7H2,1-2H3,(H2,15,17)(H,16,19). The number of amides is 1. The molecule has 5 nitrogen and oxygen atoms in total. The quantitative estimate of drug-likeness (QED) is 0.911. The Morgan fingerprint density at radius 2 is 2.33 bits per heavy atom. The van der Waals surface area contributed by atoms with E-state index in [4.69, 9.17) is 5.73 Å². The van der Waals surface area contributed by atoms with Crippen molar-refractivity contribution in [1.29, 1.82) is 0 Å². The molecule has 0 spiro atoms. The minimum atomic E-state index is -0.137. The maximum atomic E-state index is 12.3. The number of rotatable bonds is 3. The van der Waals surface area contributed by atoms with Gasteiger partial charge in [-0.25, -0.2) is 0 Å². The summed E-state index contributed by atoms with van der Waals surface area (Å²) in [6.07, 6.45) is 1.01. The van der Waals surface area contributed by atoms with Crippen molar-refractivity contribution in [2.75, 3.05) is 17.2 Å². The number of thiophene rings is 1. The van der Waals surface area contributed by atoms with Crippen LogP contribution in [-0.4, -0.2) is 22.9 Å². The van der Waals surface area contributed by atoms with E-state index in [1.54, 1.807) is 11.3 Å². The Labute approximate surface area is 131 Å². The minimum Gasteiger partial charge on any atom is -0.382 e. The topological polar surface area (TPSA) is 71.2 Å². The van der Waals surface area contributed by atoms with Crippen molar-refractivity contribution in [3.63, 3.8) is 0 Å². The highest BCUT2D eigenvalue weighted by Crippen LogP contribution is 2.35. The average Bonchev–Trinajstić information content (AvgIpc) is 3.02. The van der Waals surface area contributed by atoms with Crippen LogP contribution < -0.4 is 16.0 Å². The third kappa shape index (κ3) is 2.75. The van der Waals surface area contributed by atoms with Gasteiger partial charge in [-0.3, -0.25) is 4.79 Å². The van der Waals surface area contributed by atoms with E-state index in [0.29, 0.717) is 11.4 Å². The largest absolute Gasteiger partial charge is 0.382 e. The van der Waals surface area contributed by atoms with E-state index >= 15 is 0 Å². The fraction of sp³-hybridized carbons (Fsp3) is 0.429. The maximum absolute atomic E-state index is 12.3. The van der Waals surface area contributed by atoms with Crippen LogP contribution in [-0.2, 0) is 13.0 Å². The van der Waals surface area contributed by atoms with Gasteiger partial charge in [-0.2, -0.15) is 4.37 Å². The molecule has 0 fully saturated rings. The number of carbonyl (C=O) groups excluding carboxylic acids is 1. The molecule has 0 aliphatic carbocycles. The average molecular weight is 322 g/mol. The number of hydrogen-bond acceptors (Lipinski definition) is 6. The second kappa shape index (κ2) is 5.65. The Morgan fingerprint density at radius 3 is 3.10 bits per heavy atom. The summed E-state index contributed by atoms with van der Waals surface area (Å²) in [6, 6.07) is 2.24. The second-order valence-corrected chi connectivity index (χ2v) is 7.17. The summed E-state index contributed by atoms with van der Waals surface area (Å²) in [6.45, 7) is 5.59. The van der Waals surface area contributed by atoms with E-state index < -0.39 is 0 Å². The van der Waals surface area contributed by atoms with Crippen molar-refractivity contribution in [2.24, 2.45) is 0 Å². The lowest BCUT2D eigenvalue weighted by Gasteiger charge is -2.28. The van der Waals surface area contributed by atoms with Gasteiger partial charge < -0.3 is 16.0 Å². The molecule has 21 heavy (non-hydrogen) atoms. The van der Waals surface area contributed by atoms with Gasteiger partial charge in [-0.15, -0.1) is 11.3 Å². The van der Waals surface area contributed by atoms with E-state index in [-0.39, 0.29) is 11.9 Å². The second-order valence-electron chi connectivity index (χ2n) is 5.42. The molecule has 1 amide bonds. The first kappa shape index (κ1) is 14.3. The lowest BCUT2D eigenvalue weighted by atomic mass is 10.1. The number of anilines is 2. The van der Waals surface area contributed by atoms with Crippen LogP contribution >= 0.6 is 22.9 Å². The zero-order valence-corrected chi connectivity index (χ0v) is 13.7. The summed E-state index contributed by atoms with van der Waals surface area (Å²) < 4.78 is 4.18. The number of nitrogens with two attached hydrogens (primary N) is 1. The van der Waals surface area contributed by atoms with E-state index in [2.05, 4.69) is 26.0 Å². The predicted molar refractivity (Wildman–Crippen MR) is 88.2 cm³/mol. The molecule has 112 valence electrons. The lowest BCUT2D eigenvalue weighted by Crippen LogP contribution is -2.34. The number of nitrogen functional groups attached to an aromatic ring is 1. The molecular weight excluding hydrogens is 304 g/mol. The van der Waals surface area contributed by atoms with Crippen LogP contribution in [0.3, 0.4) is 0 Å². The van der Waals surface area contributed by atoms with Gasteiger partial charge in [0.1, 0.15) is 10.6 Å². The van der Waals surface area contributed by atoms with Crippen molar-refractivity contribution in [1.82, 2.24) is 9.69 Å². The van der Waals surface area contributed by atoms with E-state index in [1.165, 1.54) is 22.0 Å². The summed E-state index contributed by atoms with van der Waals surface area (Å²) in [4.78, 5) is 16.0. The maximum Gasteiger partial charge on any atom is 0.258 e. The summed E-state index contributed by atoms with van der Waals surface area (Å²) >= 11 is 3.11. The van der Waals surface area contributed by atoms with Crippen LogP contribution in [0.4, 0.5) is 10.8 Å². The molecule has 0 unspecified atom stereocenters. The van der Waals surface area contributed by atoms with Crippen molar-refractivity contribution >= 4 is 39.6 Å². The number of nitrogens with zero attached hydrogens (tertiary/aromatic N) is 2. The SMILES string of the molecule is CC(C)NC(=O)c1c(N)nsc1N1CCc2sccc2C1. The Balaban J connectivity index is 1.88. The Hall–Kier alpha value is -1.60. The zero-order valence-electron chi connectivity index (χ0n) is 12.0. The number of carbonyl (C=O) groups is 1. The number of fused-ring (bicyclic) bond motifs is 1. The first-order valence-corrected chi connectivity index (χ1v) is 8.57. The van der Waals surface area contributed by atoms with Crippen molar-refractivity contribution < 1.29 is 4.79 Å². The smallest absolute Gasteiger partial charge is 0.258 e. The molecule has 0 atom stereocenters. The summed E-state index contributed by atoms with van der Waals surface area (Å²) in [7, 11) is 0. The molecule has 1 aliphatic heterocycles. The molecule has 1 aliphatic rings. The number of hydrogen-bond donors (Lipinski definition) is 2. The molecule has 7 heteroatoms. The van der Waals surface area contributed by atoms with Gasteiger partial charge in [-0.1, -0.05) is 0 Å². The summed E-state index contributed by atoms with van der Waals surface area (Å²) in [5.41, 5.74) is 7.78. The van der Waals surface area contributed by atoms with Crippen LogP contribution in [0.2, 0.25) is 0 Å². The molecule has 3 rings (SSSR count). The van der Waals surface area contributed by atoms with Gasteiger partial charge in [0.05, 0.1) is 0 Å². The third-order valence-electron chi connectivity index (χ3n) is 3.44. The van der Waals surface area contributed by atoms with Crippen molar-refractivity contribution in [2.45, 2.75) is 32.9 Å². The Morgan fingerprint density at radius 1 is 1.52 bits per heavy atom. The molecular formula is C14H18N4OS2. The monoisotopic (exact) mass is 322 g/mol. The molecule has 2 aromatic rings. The predicted octanol–water partition coefficient (Wildman–Crippen LogP) is 2.49.